The number of halogens is 1. The van der Waals surface area contributed by atoms with Crippen molar-refractivity contribution in [3.05, 3.63) is 0 Å². The van der Waals surface area contributed by atoms with E-state index in [9.17, 15) is 18.8 Å². The normalized spacial score (nSPS) is 22.1. The molecule has 0 radical (unpaired) electrons. The molecule has 0 aromatic rings. The lowest BCUT2D eigenvalue weighted by atomic mass is 9.89. The molecule has 0 saturated carbocycles. The number of rotatable bonds is 4. The van der Waals surface area contributed by atoms with Gasteiger partial charge in [-0.1, -0.05) is 0 Å². The first-order chi connectivity index (χ1) is 10.1. The maximum absolute atomic E-state index is 14.8. The van der Waals surface area contributed by atoms with Crippen molar-refractivity contribution in [2.24, 2.45) is 0 Å². The summed E-state index contributed by atoms with van der Waals surface area (Å²) in [7, 11) is 0. The minimum absolute atomic E-state index is 0.00939. The van der Waals surface area contributed by atoms with Gasteiger partial charge in [0, 0.05) is 6.54 Å². The molecule has 1 aliphatic rings. The van der Waals surface area contributed by atoms with E-state index >= 15 is 0 Å². The van der Waals surface area contributed by atoms with E-state index in [2.05, 4.69) is 4.74 Å². The molecule has 0 bridgehead atoms. The summed E-state index contributed by atoms with van der Waals surface area (Å²) in [5.41, 5.74) is -2.91. The Kier molecular flexibility index (Phi) is 5.91. The Bertz CT molecular complexity index is 446. The van der Waals surface area contributed by atoms with Crippen LogP contribution in [0, 0.1) is 0 Å². The number of amides is 1. The van der Waals surface area contributed by atoms with E-state index in [1.807, 2.05) is 0 Å². The van der Waals surface area contributed by atoms with Crippen LogP contribution in [-0.4, -0.2) is 53.7 Å². The SMILES string of the molecule is CCOC(=O)CC(=O)C1(F)CCCN(C(=O)OC(C)(C)C)C1. The number of esters is 1. The van der Waals surface area contributed by atoms with Gasteiger partial charge in [0.15, 0.2) is 11.5 Å². The molecule has 1 aliphatic heterocycles. The second kappa shape index (κ2) is 7.07. The topological polar surface area (TPSA) is 72.9 Å². The van der Waals surface area contributed by atoms with Crippen molar-refractivity contribution >= 4 is 17.8 Å². The van der Waals surface area contributed by atoms with Crippen LogP contribution in [0.2, 0.25) is 0 Å². The first-order valence-corrected chi connectivity index (χ1v) is 7.43. The van der Waals surface area contributed by atoms with Crippen LogP contribution in [0.1, 0.15) is 47.0 Å². The summed E-state index contributed by atoms with van der Waals surface area (Å²) >= 11 is 0. The van der Waals surface area contributed by atoms with E-state index in [1.54, 1.807) is 27.7 Å². The quantitative estimate of drug-likeness (QED) is 0.587. The smallest absolute Gasteiger partial charge is 0.410 e. The van der Waals surface area contributed by atoms with Gasteiger partial charge in [-0.15, -0.1) is 0 Å². The van der Waals surface area contributed by atoms with Crippen LogP contribution in [0.5, 0.6) is 0 Å². The molecule has 0 aliphatic carbocycles. The van der Waals surface area contributed by atoms with Crippen molar-refractivity contribution in [1.29, 1.82) is 0 Å². The Hall–Kier alpha value is -1.66. The van der Waals surface area contributed by atoms with Gasteiger partial charge in [0.2, 0.25) is 0 Å². The van der Waals surface area contributed by atoms with Crippen LogP contribution in [-0.2, 0) is 19.1 Å². The van der Waals surface area contributed by atoms with Crippen LogP contribution in [0.4, 0.5) is 9.18 Å². The van der Waals surface area contributed by atoms with Gasteiger partial charge in [-0.25, -0.2) is 9.18 Å². The zero-order valence-corrected chi connectivity index (χ0v) is 13.6. The lowest BCUT2D eigenvalue weighted by Crippen LogP contribution is -2.53. The Morgan fingerprint density at radius 1 is 1.27 bits per heavy atom. The van der Waals surface area contributed by atoms with Gasteiger partial charge in [0.25, 0.3) is 0 Å². The summed E-state index contributed by atoms with van der Waals surface area (Å²) < 4.78 is 24.6. The average molecular weight is 317 g/mol. The van der Waals surface area contributed by atoms with Gasteiger partial charge in [-0.2, -0.15) is 0 Å². The summed E-state index contributed by atoms with van der Waals surface area (Å²) in [6, 6.07) is 0. The number of carbonyl (C=O) groups is 3. The van der Waals surface area contributed by atoms with Crippen molar-refractivity contribution in [2.75, 3.05) is 19.7 Å². The fourth-order valence-corrected chi connectivity index (χ4v) is 2.22. The fraction of sp³-hybridized carbons (Fsp3) is 0.800. The van der Waals surface area contributed by atoms with E-state index in [-0.39, 0.29) is 19.6 Å². The molecule has 126 valence electrons. The molecule has 0 N–H and O–H groups in total. The summed E-state index contributed by atoms with van der Waals surface area (Å²) in [6.07, 6.45) is -0.945. The largest absolute Gasteiger partial charge is 0.466 e. The van der Waals surface area contributed by atoms with Gasteiger partial charge < -0.3 is 14.4 Å². The number of alkyl halides is 1. The highest BCUT2D eigenvalue weighted by molar-refractivity contribution is 6.00. The molecule has 22 heavy (non-hydrogen) atoms. The highest BCUT2D eigenvalue weighted by atomic mass is 19.1. The maximum Gasteiger partial charge on any atom is 0.410 e. The molecule has 1 rings (SSSR count). The van der Waals surface area contributed by atoms with Crippen molar-refractivity contribution in [3.8, 4) is 0 Å². The molecule has 1 unspecified atom stereocenters. The third kappa shape index (κ3) is 5.27. The first kappa shape index (κ1) is 18.4. The monoisotopic (exact) mass is 317 g/mol. The van der Waals surface area contributed by atoms with Crippen molar-refractivity contribution < 1.29 is 28.2 Å². The Morgan fingerprint density at radius 3 is 2.45 bits per heavy atom. The van der Waals surface area contributed by atoms with Gasteiger partial charge in [0.05, 0.1) is 13.2 Å². The number of nitrogens with zero attached hydrogens (tertiary/aromatic N) is 1. The predicted molar refractivity (Wildman–Crippen MR) is 77.1 cm³/mol. The second-order valence-electron chi connectivity index (χ2n) is 6.38. The number of hydrogen-bond donors (Lipinski definition) is 0. The third-order valence-electron chi connectivity index (χ3n) is 3.20. The minimum atomic E-state index is -2.22. The molecular formula is C15H24FNO5. The van der Waals surface area contributed by atoms with Crippen molar-refractivity contribution in [2.45, 2.75) is 58.2 Å². The molecule has 7 heteroatoms. The summed E-state index contributed by atoms with van der Waals surface area (Å²) in [5, 5.41) is 0. The number of likely N-dealkylation sites (tertiary alicyclic amines) is 1. The lowest BCUT2D eigenvalue weighted by molar-refractivity contribution is -0.149. The molecule has 0 spiro atoms. The number of ketones is 1. The number of piperidine rings is 1. The lowest BCUT2D eigenvalue weighted by Gasteiger charge is -2.36. The molecule has 1 saturated heterocycles. The van der Waals surface area contributed by atoms with E-state index < -0.39 is 35.5 Å². The predicted octanol–water partition coefficient (Wildman–Crippen LogP) is 2.25. The standard InChI is InChI=1S/C15H24FNO5/c1-5-21-12(19)9-11(18)15(16)7-6-8-17(10-15)13(20)22-14(2,3)4/h5-10H2,1-4H3. The molecule has 1 heterocycles. The third-order valence-corrected chi connectivity index (χ3v) is 3.20. The molecule has 1 atom stereocenters. The summed E-state index contributed by atoms with van der Waals surface area (Å²) in [6.45, 7) is 6.82. The minimum Gasteiger partial charge on any atom is -0.466 e. The molecule has 0 aromatic heterocycles. The maximum atomic E-state index is 14.8. The van der Waals surface area contributed by atoms with Gasteiger partial charge in [-0.05, 0) is 40.5 Å². The van der Waals surface area contributed by atoms with E-state index in [4.69, 9.17) is 4.74 Å². The first-order valence-electron chi connectivity index (χ1n) is 7.43. The number of hydrogen-bond acceptors (Lipinski definition) is 5. The van der Waals surface area contributed by atoms with E-state index in [0.717, 1.165) is 0 Å². The Balaban J connectivity index is 2.69. The Labute approximate surface area is 129 Å². The molecule has 1 amide bonds. The highest BCUT2D eigenvalue weighted by Gasteiger charge is 2.45. The zero-order valence-electron chi connectivity index (χ0n) is 13.6. The van der Waals surface area contributed by atoms with Crippen LogP contribution >= 0.6 is 0 Å². The Morgan fingerprint density at radius 2 is 1.91 bits per heavy atom. The van der Waals surface area contributed by atoms with Crippen LogP contribution in [0.15, 0.2) is 0 Å². The van der Waals surface area contributed by atoms with Gasteiger partial charge in [-0.3, -0.25) is 9.59 Å². The van der Waals surface area contributed by atoms with Crippen LogP contribution in [0.25, 0.3) is 0 Å². The van der Waals surface area contributed by atoms with Crippen molar-refractivity contribution in [3.63, 3.8) is 0 Å². The van der Waals surface area contributed by atoms with Gasteiger partial charge >= 0.3 is 12.1 Å². The second-order valence-corrected chi connectivity index (χ2v) is 6.38. The summed E-state index contributed by atoms with van der Waals surface area (Å²) in [5.74, 6) is -1.60. The number of Topliss-reactive ketones (excluding diaryl/α,β-unsaturated/α-hetero) is 1. The zero-order chi connectivity index (χ0) is 17.0. The molecule has 0 aromatic carbocycles. The molecular weight excluding hydrogens is 293 g/mol. The number of carbonyl (C=O) groups excluding carboxylic acids is 3. The van der Waals surface area contributed by atoms with Crippen LogP contribution in [0.3, 0.4) is 0 Å². The molecule has 6 nitrogen and oxygen atoms in total. The fourth-order valence-electron chi connectivity index (χ4n) is 2.22. The van der Waals surface area contributed by atoms with Gasteiger partial charge in [0.1, 0.15) is 12.0 Å². The van der Waals surface area contributed by atoms with Crippen LogP contribution < -0.4 is 0 Å². The number of ether oxygens (including phenoxy) is 2. The van der Waals surface area contributed by atoms with E-state index in [1.165, 1.54) is 4.90 Å². The van der Waals surface area contributed by atoms with E-state index in [0.29, 0.717) is 13.0 Å². The molecule has 1 fully saturated rings. The highest BCUT2D eigenvalue weighted by Crippen LogP contribution is 2.28. The van der Waals surface area contributed by atoms with Crippen molar-refractivity contribution in [1.82, 2.24) is 4.90 Å². The summed E-state index contributed by atoms with van der Waals surface area (Å²) in [4.78, 5) is 36.5. The average Bonchev–Trinajstić information content (AvgIpc) is 2.37.